The highest BCUT2D eigenvalue weighted by atomic mass is 32.2. The Labute approximate surface area is 141 Å². The van der Waals surface area contributed by atoms with Gasteiger partial charge in [-0.1, -0.05) is 18.2 Å². The maximum atomic E-state index is 12.9. The minimum atomic E-state index is -3.28. The first-order valence-electron chi connectivity index (χ1n) is 8.03. The lowest BCUT2D eigenvalue weighted by atomic mass is 10.0. The minimum absolute atomic E-state index is 0.151. The molecule has 24 heavy (non-hydrogen) atoms. The zero-order chi connectivity index (χ0) is 17.3. The Balaban J connectivity index is 2.01. The molecule has 1 N–H and O–H groups in total. The van der Waals surface area contributed by atoms with Crippen molar-refractivity contribution in [2.45, 2.75) is 24.6 Å². The zero-order valence-electron chi connectivity index (χ0n) is 13.9. The van der Waals surface area contributed by atoms with E-state index in [9.17, 15) is 13.2 Å². The summed E-state index contributed by atoms with van der Waals surface area (Å²) < 4.78 is 29.4. The van der Waals surface area contributed by atoms with E-state index in [1.165, 1.54) is 6.26 Å². The maximum Gasteiger partial charge on any atom is 0.289 e. The molecule has 1 amide bonds. The summed E-state index contributed by atoms with van der Waals surface area (Å²) in [7, 11) is -1.40. The molecule has 1 aliphatic heterocycles. The van der Waals surface area contributed by atoms with Gasteiger partial charge in [0.05, 0.1) is 5.75 Å². The number of carbonyl (C=O) groups excluding carboxylic acids is 1. The van der Waals surface area contributed by atoms with Gasteiger partial charge in [-0.05, 0) is 26.0 Å². The first-order valence-corrected chi connectivity index (χ1v) is 10.1. The molecule has 1 fully saturated rings. The molecule has 0 aliphatic carbocycles. The van der Waals surface area contributed by atoms with E-state index in [4.69, 9.17) is 4.42 Å². The molecule has 0 radical (unpaired) electrons. The van der Waals surface area contributed by atoms with Crippen LogP contribution in [-0.2, 0) is 15.6 Å². The van der Waals surface area contributed by atoms with E-state index in [-0.39, 0.29) is 23.5 Å². The Kier molecular flexibility index (Phi) is 4.64. The number of piperidine rings is 1. The largest absolute Gasteiger partial charge is 0.451 e. The third kappa shape index (κ3) is 3.47. The fourth-order valence-electron chi connectivity index (χ4n) is 3.22. The van der Waals surface area contributed by atoms with Crippen LogP contribution in [0, 0.1) is 0 Å². The van der Waals surface area contributed by atoms with Crippen molar-refractivity contribution in [3.63, 3.8) is 0 Å². The molecule has 0 unspecified atom stereocenters. The van der Waals surface area contributed by atoms with Gasteiger partial charge < -0.3 is 14.6 Å². The number of nitrogens with one attached hydrogen (secondary N) is 1. The summed E-state index contributed by atoms with van der Waals surface area (Å²) in [6.45, 7) is 1.26. The molecule has 6 nitrogen and oxygen atoms in total. The number of furan rings is 1. The number of amides is 1. The number of fused-ring (bicyclic) bond motifs is 1. The number of hydrogen-bond donors (Lipinski definition) is 1. The molecule has 3 rings (SSSR count). The van der Waals surface area contributed by atoms with Crippen molar-refractivity contribution in [2.75, 3.05) is 26.4 Å². The number of hydrogen-bond acceptors (Lipinski definition) is 5. The molecule has 0 spiro atoms. The normalized spacial score (nSPS) is 18.9. The Morgan fingerprint density at radius 3 is 2.83 bits per heavy atom. The number of carbonyl (C=O) groups is 1. The van der Waals surface area contributed by atoms with Crippen molar-refractivity contribution in [3.05, 3.63) is 35.6 Å². The fourth-order valence-corrected chi connectivity index (χ4v) is 4.03. The quantitative estimate of drug-likeness (QED) is 0.909. The first-order chi connectivity index (χ1) is 11.4. The third-order valence-corrected chi connectivity index (χ3v) is 5.23. The van der Waals surface area contributed by atoms with Gasteiger partial charge in [-0.15, -0.1) is 0 Å². The molecule has 2 aromatic rings. The van der Waals surface area contributed by atoms with Crippen LogP contribution in [0.2, 0.25) is 0 Å². The van der Waals surface area contributed by atoms with Gasteiger partial charge in [0.1, 0.15) is 5.58 Å². The van der Waals surface area contributed by atoms with Crippen LogP contribution in [0.5, 0.6) is 0 Å². The minimum Gasteiger partial charge on any atom is -0.451 e. The van der Waals surface area contributed by atoms with E-state index in [0.717, 1.165) is 12.8 Å². The molecule has 2 heterocycles. The predicted octanol–water partition coefficient (Wildman–Crippen LogP) is 1.80. The van der Waals surface area contributed by atoms with E-state index >= 15 is 0 Å². The molecule has 1 saturated heterocycles. The number of para-hydroxylation sites is 1. The fraction of sp³-hybridized carbons (Fsp3) is 0.471. The molecular weight excluding hydrogens is 328 g/mol. The molecule has 1 atom stereocenters. The number of rotatable bonds is 4. The lowest BCUT2D eigenvalue weighted by molar-refractivity contribution is 0.0667. The van der Waals surface area contributed by atoms with Gasteiger partial charge >= 0.3 is 0 Å². The van der Waals surface area contributed by atoms with Crippen molar-refractivity contribution in [2.24, 2.45) is 0 Å². The third-order valence-electron chi connectivity index (χ3n) is 4.42. The lowest BCUT2D eigenvalue weighted by Gasteiger charge is -2.32. The highest BCUT2D eigenvalue weighted by molar-refractivity contribution is 7.89. The molecule has 0 saturated carbocycles. The molecule has 1 aliphatic rings. The standard InChI is InChI=1S/C17H22N2O4S/c1-18-12-6-5-9-19(10-12)17(20)16-14(11-24(2,21)22)13-7-3-4-8-15(13)23-16/h3-4,7-8,12,18H,5-6,9-11H2,1-2H3/t12-/m0/s1. The van der Waals surface area contributed by atoms with Crippen LogP contribution in [-0.4, -0.2) is 51.7 Å². The number of likely N-dealkylation sites (N-methyl/N-ethyl adjacent to an activating group) is 1. The SMILES string of the molecule is CN[C@H]1CCCN(C(=O)c2oc3ccccc3c2CS(C)(=O)=O)C1. The second-order valence-electron chi connectivity index (χ2n) is 6.35. The highest BCUT2D eigenvalue weighted by Crippen LogP contribution is 2.29. The van der Waals surface area contributed by atoms with Crippen molar-refractivity contribution >= 4 is 26.7 Å². The molecular formula is C17H22N2O4S. The monoisotopic (exact) mass is 350 g/mol. The highest BCUT2D eigenvalue weighted by Gasteiger charge is 2.29. The predicted molar refractivity (Wildman–Crippen MR) is 92.7 cm³/mol. The summed E-state index contributed by atoms with van der Waals surface area (Å²) >= 11 is 0. The second-order valence-corrected chi connectivity index (χ2v) is 8.50. The van der Waals surface area contributed by atoms with Crippen molar-refractivity contribution in [1.82, 2.24) is 10.2 Å². The number of nitrogens with zero attached hydrogens (tertiary/aromatic N) is 1. The van der Waals surface area contributed by atoms with Gasteiger partial charge in [-0.3, -0.25) is 4.79 Å². The number of benzene rings is 1. The first kappa shape index (κ1) is 17.0. The van der Waals surface area contributed by atoms with Crippen molar-refractivity contribution in [3.8, 4) is 0 Å². The summed E-state index contributed by atoms with van der Waals surface area (Å²) in [6.07, 6.45) is 3.11. The molecule has 1 aromatic heterocycles. The van der Waals surface area contributed by atoms with Gasteiger partial charge in [-0.2, -0.15) is 0 Å². The van der Waals surface area contributed by atoms with Crippen LogP contribution in [0.25, 0.3) is 11.0 Å². The summed E-state index contributed by atoms with van der Waals surface area (Å²) in [6, 6.07) is 7.43. The van der Waals surface area contributed by atoms with Gasteiger partial charge in [0.2, 0.25) is 0 Å². The van der Waals surface area contributed by atoms with Gasteiger partial charge in [-0.25, -0.2) is 8.42 Å². The van der Waals surface area contributed by atoms with E-state index in [1.54, 1.807) is 17.0 Å². The molecule has 7 heteroatoms. The average Bonchev–Trinajstić information content (AvgIpc) is 2.91. The summed E-state index contributed by atoms with van der Waals surface area (Å²) in [4.78, 5) is 14.7. The van der Waals surface area contributed by atoms with Crippen LogP contribution in [0.4, 0.5) is 0 Å². The second kappa shape index (κ2) is 6.57. The van der Waals surface area contributed by atoms with Crippen LogP contribution < -0.4 is 5.32 Å². The average molecular weight is 350 g/mol. The van der Waals surface area contributed by atoms with Crippen LogP contribution in [0.3, 0.4) is 0 Å². The summed E-state index contributed by atoms with van der Waals surface area (Å²) in [5.41, 5.74) is 1.01. The van der Waals surface area contributed by atoms with Crippen LogP contribution in [0.15, 0.2) is 28.7 Å². The van der Waals surface area contributed by atoms with Crippen molar-refractivity contribution in [1.29, 1.82) is 0 Å². The van der Waals surface area contributed by atoms with E-state index in [1.807, 2.05) is 19.2 Å². The Hall–Kier alpha value is -1.86. The zero-order valence-corrected chi connectivity index (χ0v) is 14.7. The van der Waals surface area contributed by atoms with Gasteiger partial charge in [0.25, 0.3) is 5.91 Å². The Morgan fingerprint density at radius 1 is 1.38 bits per heavy atom. The Bertz CT molecular complexity index is 857. The topological polar surface area (TPSA) is 79.6 Å². The van der Waals surface area contributed by atoms with E-state index in [0.29, 0.717) is 29.6 Å². The maximum absolute atomic E-state index is 12.9. The Morgan fingerprint density at radius 2 is 2.12 bits per heavy atom. The lowest BCUT2D eigenvalue weighted by Crippen LogP contribution is -2.47. The van der Waals surface area contributed by atoms with Crippen LogP contribution in [0.1, 0.15) is 29.0 Å². The molecule has 130 valence electrons. The van der Waals surface area contributed by atoms with E-state index < -0.39 is 9.84 Å². The molecule has 1 aromatic carbocycles. The van der Waals surface area contributed by atoms with Gasteiger partial charge in [0.15, 0.2) is 15.6 Å². The smallest absolute Gasteiger partial charge is 0.289 e. The number of likely N-dealkylation sites (tertiary alicyclic amines) is 1. The molecule has 0 bridgehead atoms. The number of sulfone groups is 1. The van der Waals surface area contributed by atoms with Gasteiger partial charge in [0, 0.05) is 36.3 Å². The van der Waals surface area contributed by atoms with Crippen LogP contribution >= 0.6 is 0 Å². The van der Waals surface area contributed by atoms with E-state index in [2.05, 4.69) is 5.32 Å². The van der Waals surface area contributed by atoms with Crippen molar-refractivity contribution < 1.29 is 17.6 Å². The summed E-state index contributed by atoms with van der Waals surface area (Å²) in [5, 5.41) is 3.89. The summed E-state index contributed by atoms with van der Waals surface area (Å²) in [5.74, 6) is -0.280.